The Morgan fingerprint density at radius 3 is 2.52 bits per heavy atom. The largest absolute Gasteiger partial charge is 0.348 e. The summed E-state index contributed by atoms with van der Waals surface area (Å²) in [5.74, 6) is 1.05. The van der Waals surface area contributed by atoms with Crippen molar-refractivity contribution in [1.82, 2.24) is 20.2 Å². The lowest BCUT2D eigenvalue weighted by atomic mass is 9.99. The monoisotopic (exact) mass is 338 g/mol. The van der Waals surface area contributed by atoms with Gasteiger partial charge in [-0.25, -0.2) is 9.97 Å². The Morgan fingerprint density at radius 1 is 1.24 bits per heavy atom. The quantitative estimate of drug-likeness (QED) is 0.879. The maximum Gasteiger partial charge on any atom is 0.254 e. The van der Waals surface area contributed by atoms with E-state index in [0.717, 1.165) is 24.4 Å². The minimum Gasteiger partial charge on any atom is -0.348 e. The van der Waals surface area contributed by atoms with Gasteiger partial charge in [0, 0.05) is 18.2 Å². The van der Waals surface area contributed by atoms with E-state index in [9.17, 15) is 4.79 Å². The van der Waals surface area contributed by atoms with E-state index in [2.05, 4.69) is 32.3 Å². The van der Waals surface area contributed by atoms with Crippen molar-refractivity contribution in [2.45, 2.75) is 44.7 Å². The highest BCUT2D eigenvalue weighted by atomic mass is 16.1. The van der Waals surface area contributed by atoms with Crippen LogP contribution in [0.2, 0.25) is 0 Å². The van der Waals surface area contributed by atoms with Crippen LogP contribution in [0.15, 0.2) is 36.5 Å². The number of hydrogen-bond acceptors (Lipinski definition) is 4. The molecule has 1 heterocycles. The van der Waals surface area contributed by atoms with E-state index in [1.165, 1.54) is 5.56 Å². The molecule has 25 heavy (non-hydrogen) atoms. The van der Waals surface area contributed by atoms with Crippen LogP contribution in [-0.2, 0) is 0 Å². The number of carbonyl (C=O) groups is 1. The van der Waals surface area contributed by atoms with Gasteiger partial charge < -0.3 is 10.2 Å². The SMILES string of the molecule is Cc1ncc(C(=O)N[C@H](C)[C@@H](c2ccccc2)N(C)C)c(C2CC2)n1. The van der Waals surface area contributed by atoms with Crippen LogP contribution in [0.5, 0.6) is 0 Å². The number of amides is 1. The number of likely N-dealkylation sites (N-methyl/N-ethyl adjacent to an activating group) is 1. The third-order valence-electron chi connectivity index (χ3n) is 4.68. The van der Waals surface area contributed by atoms with Gasteiger partial charge in [-0.2, -0.15) is 0 Å². The number of nitrogens with zero attached hydrogens (tertiary/aromatic N) is 3. The van der Waals surface area contributed by atoms with E-state index < -0.39 is 0 Å². The maximum atomic E-state index is 12.9. The number of carbonyl (C=O) groups excluding carboxylic acids is 1. The van der Waals surface area contributed by atoms with E-state index in [-0.39, 0.29) is 18.0 Å². The first-order chi connectivity index (χ1) is 12.0. The van der Waals surface area contributed by atoms with Crippen LogP contribution in [0.4, 0.5) is 0 Å². The molecule has 1 aromatic carbocycles. The van der Waals surface area contributed by atoms with Crippen LogP contribution >= 0.6 is 0 Å². The van der Waals surface area contributed by atoms with Crippen LogP contribution in [0.25, 0.3) is 0 Å². The fraction of sp³-hybridized carbons (Fsp3) is 0.450. The van der Waals surface area contributed by atoms with Crippen molar-refractivity contribution in [2.24, 2.45) is 0 Å². The number of aryl methyl sites for hydroxylation is 1. The molecule has 2 aromatic rings. The van der Waals surface area contributed by atoms with E-state index in [0.29, 0.717) is 11.5 Å². The first kappa shape index (κ1) is 17.5. The molecule has 5 heteroatoms. The molecule has 1 aliphatic rings. The summed E-state index contributed by atoms with van der Waals surface area (Å²) in [4.78, 5) is 23.8. The zero-order valence-corrected chi connectivity index (χ0v) is 15.4. The molecule has 1 aliphatic carbocycles. The van der Waals surface area contributed by atoms with Crippen molar-refractivity contribution < 1.29 is 4.79 Å². The molecule has 0 unspecified atom stereocenters. The topological polar surface area (TPSA) is 58.1 Å². The van der Waals surface area contributed by atoms with Crippen molar-refractivity contribution in [2.75, 3.05) is 14.1 Å². The van der Waals surface area contributed by atoms with Gasteiger partial charge >= 0.3 is 0 Å². The second-order valence-corrected chi connectivity index (χ2v) is 7.07. The molecule has 132 valence electrons. The average molecular weight is 338 g/mol. The molecule has 3 rings (SSSR count). The molecular formula is C20H26N4O. The van der Waals surface area contributed by atoms with Gasteiger partial charge in [0.1, 0.15) is 5.82 Å². The van der Waals surface area contributed by atoms with Crippen LogP contribution in [0.3, 0.4) is 0 Å². The Morgan fingerprint density at radius 2 is 1.92 bits per heavy atom. The molecule has 5 nitrogen and oxygen atoms in total. The molecule has 1 N–H and O–H groups in total. The van der Waals surface area contributed by atoms with Gasteiger partial charge in [0.05, 0.1) is 17.3 Å². The molecule has 0 aliphatic heterocycles. The number of hydrogen-bond donors (Lipinski definition) is 1. The van der Waals surface area contributed by atoms with Gasteiger partial charge in [-0.3, -0.25) is 4.79 Å². The third-order valence-corrected chi connectivity index (χ3v) is 4.68. The molecule has 0 spiro atoms. The Balaban J connectivity index is 1.80. The lowest BCUT2D eigenvalue weighted by Crippen LogP contribution is -2.42. The predicted octanol–water partition coefficient (Wildman–Crippen LogP) is 3.08. The smallest absolute Gasteiger partial charge is 0.254 e. The number of benzene rings is 1. The van der Waals surface area contributed by atoms with Crippen molar-refractivity contribution >= 4 is 5.91 Å². The average Bonchev–Trinajstić information content (AvgIpc) is 3.40. The summed E-state index contributed by atoms with van der Waals surface area (Å²) in [5.41, 5.74) is 2.70. The first-order valence-corrected chi connectivity index (χ1v) is 8.83. The van der Waals surface area contributed by atoms with Crippen LogP contribution in [-0.4, -0.2) is 40.9 Å². The highest BCUT2D eigenvalue weighted by Crippen LogP contribution is 2.40. The zero-order valence-electron chi connectivity index (χ0n) is 15.4. The summed E-state index contributed by atoms with van der Waals surface area (Å²) in [6, 6.07) is 10.3. The molecular weight excluding hydrogens is 312 g/mol. The van der Waals surface area contributed by atoms with E-state index in [1.54, 1.807) is 6.20 Å². The van der Waals surface area contributed by atoms with Crippen molar-refractivity contribution in [3.05, 3.63) is 59.2 Å². The Bertz CT molecular complexity index is 741. The van der Waals surface area contributed by atoms with Gasteiger partial charge in [-0.1, -0.05) is 30.3 Å². The molecule has 2 atom stereocenters. The fourth-order valence-electron chi connectivity index (χ4n) is 3.38. The highest BCUT2D eigenvalue weighted by Gasteiger charge is 2.31. The van der Waals surface area contributed by atoms with Crippen LogP contribution < -0.4 is 5.32 Å². The standard InChI is InChI=1S/C20H26N4O/c1-13(19(24(3)4)16-8-6-5-7-9-16)22-20(25)17-12-21-14(2)23-18(17)15-10-11-15/h5-9,12-13,15,19H,10-11H2,1-4H3,(H,22,25)/t13-,19+/m1/s1. The van der Waals surface area contributed by atoms with E-state index in [1.807, 2.05) is 46.1 Å². The summed E-state index contributed by atoms with van der Waals surface area (Å²) in [6.07, 6.45) is 3.89. The lowest BCUT2D eigenvalue weighted by molar-refractivity contribution is 0.0913. The normalized spacial score (nSPS) is 16.5. The summed E-state index contributed by atoms with van der Waals surface area (Å²) in [7, 11) is 4.07. The minimum absolute atomic E-state index is 0.0433. The van der Waals surface area contributed by atoms with Gasteiger partial charge in [0.2, 0.25) is 0 Å². The van der Waals surface area contributed by atoms with Gasteiger partial charge in [-0.05, 0) is 46.3 Å². The van der Waals surface area contributed by atoms with Crippen LogP contribution in [0.1, 0.15) is 59.2 Å². The lowest BCUT2D eigenvalue weighted by Gasteiger charge is -2.31. The molecule has 1 aromatic heterocycles. The van der Waals surface area contributed by atoms with Crippen molar-refractivity contribution in [3.63, 3.8) is 0 Å². The molecule has 0 saturated heterocycles. The molecule has 1 amide bonds. The number of nitrogens with one attached hydrogen (secondary N) is 1. The predicted molar refractivity (Wildman–Crippen MR) is 98.5 cm³/mol. The second kappa shape index (κ2) is 7.31. The van der Waals surface area contributed by atoms with Crippen molar-refractivity contribution in [3.8, 4) is 0 Å². The highest BCUT2D eigenvalue weighted by molar-refractivity contribution is 5.95. The molecule has 0 bridgehead atoms. The minimum atomic E-state index is -0.0859. The maximum absolute atomic E-state index is 12.9. The van der Waals surface area contributed by atoms with E-state index in [4.69, 9.17) is 0 Å². The molecule has 0 radical (unpaired) electrons. The summed E-state index contributed by atoms with van der Waals surface area (Å²) in [6.45, 7) is 3.91. The Labute approximate surface area is 149 Å². The van der Waals surface area contributed by atoms with E-state index >= 15 is 0 Å². The number of aromatic nitrogens is 2. The number of rotatable bonds is 6. The Hall–Kier alpha value is -2.27. The zero-order chi connectivity index (χ0) is 18.0. The third kappa shape index (κ3) is 4.04. The van der Waals surface area contributed by atoms with Gasteiger partial charge in [-0.15, -0.1) is 0 Å². The first-order valence-electron chi connectivity index (χ1n) is 8.83. The second-order valence-electron chi connectivity index (χ2n) is 7.07. The fourth-order valence-corrected chi connectivity index (χ4v) is 3.38. The Kier molecular flexibility index (Phi) is 5.13. The van der Waals surface area contributed by atoms with Crippen molar-refractivity contribution in [1.29, 1.82) is 0 Å². The van der Waals surface area contributed by atoms with Crippen LogP contribution in [0, 0.1) is 6.92 Å². The van der Waals surface area contributed by atoms with Gasteiger partial charge in [0.15, 0.2) is 0 Å². The van der Waals surface area contributed by atoms with Gasteiger partial charge in [0.25, 0.3) is 5.91 Å². The summed E-state index contributed by atoms with van der Waals surface area (Å²) >= 11 is 0. The summed E-state index contributed by atoms with van der Waals surface area (Å²) < 4.78 is 0. The molecule has 1 fully saturated rings. The molecule has 1 saturated carbocycles. The summed E-state index contributed by atoms with van der Waals surface area (Å²) in [5, 5.41) is 3.16.